The summed E-state index contributed by atoms with van der Waals surface area (Å²) in [6, 6.07) is 7.96. The number of carbonyl (C=O) groups is 1. The van der Waals surface area contributed by atoms with Crippen molar-refractivity contribution in [2.45, 2.75) is 38.2 Å². The van der Waals surface area contributed by atoms with Gasteiger partial charge in [-0.25, -0.2) is 4.39 Å². The number of likely N-dealkylation sites (tertiary alicyclic amines) is 1. The van der Waals surface area contributed by atoms with Crippen molar-refractivity contribution in [3.63, 3.8) is 0 Å². The van der Waals surface area contributed by atoms with Gasteiger partial charge in [-0.1, -0.05) is 26.0 Å². The summed E-state index contributed by atoms with van der Waals surface area (Å²) in [5.41, 5.74) is 2.20. The molecular weight excluding hydrogens is 309 g/mol. The van der Waals surface area contributed by atoms with Crippen LogP contribution in [-0.2, 0) is 0 Å². The molecule has 3 rings (SSSR count). The number of nitrogens with one attached hydrogen (secondary N) is 1. The summed E-state index contributed by atoms with van der Waals surface area (Å²) in [5, 5.41) is 17.4. The van der Waals surface area contributed by atoms with Crippen molar-refractivity contribution in [1.82, 2.24) is 15.1 Å². The van der Waals surface area contributed by atoms with Crippen LogP contribution in [0.5, 0.6) is 0 Å². The second-order valence-corrected chi connectivity index (χ2v) is 6.63. The smallest absolute Gasteiger partial charge is 0.274 e. The molecule has 1 aromatic heterocycles. The third-order valence-electron chi connectivity index (χ3n) is 4.61. The number of amides is 1. The Labute approximate surface area is 140 Å². The van der Waals surface area contributed by atoms with E-state index in [2.05, 4.69) is 10.2 Å². The van der Waals surface area contributed by atoms with Crippen LogP contribution in [0.25, 0.3) is 0 Å². The molecule has 6 heteroatoms. The zero-order valence-corrected chi connectivity index (χ0v) is 13.9. The number of rotatable bonds is 3. The molecule has 1 amide bonds. The van der Waals surface area contributed by atoms with Gasteiger partial charge in [0.1, 0.15) is 11.5 Å². The molecule has 1 fully saturated rings. The number of aromatic nitrogens is 2. The number of H-pyrrole nitrogens is 1. The minimum atomic E-state index is -0.670. The molecule has 1 aliphatic rings. The van der Waals surface area contributed by atoms with Crippen molar-refractivity contribution in [2.75, 3.05) is 13.1 Å². The minimum Gasteiger partial charge on any atom is -0.391 e. The molecule has 1 aromatic carbocycles. The Morgan fingerprint density at radius 1 is 1.38 bits per heavy atom. The molecule has 1 saturated heterocycles. The Hall–Kier alpha value is -2.21. The summed E-state index contributed by atoms with van der Waals surface area (Å²) in [6.45, 7) is 4.85. The number of carbonyl (C=O) groups excluding carboxylic acids is 1. The first-order valence-corrected chi connectivity index (χ1v) is 8.24. The average Bonchev–Trinajstić information content (AvgIpc) is 3.05. The van der Waals surface area contributed by atoms with E-state index < -0.39 is 6.10 Å². The number of hydrogen-bond donors (Lipinski definition) is 2. The van der Waals surface area contributed by atoms with Gasteiger partial charge in [-0.05, 0) is 36.1 Å². The van der Waals surface area contributed by atoms with Crippen LogP contribution < -0.4 is 0 Å². The van der Waals surface area contributed by atoms with E-state index in [1.54, 1.807) is 23.1 Å². The van der Waals surface area contributed by atoms with E-state index in [9.17, 15) is 14.3 Å². The molecule has 0 unspecified atom stereocenters. The molecule has 2 N–H and O–H groups in total. The molecule has 0 saturated carbocycles. The fourth-order valence-corrected chi connectivity index (χ4v) is 3.12. The lowest BCUT2D eigenvalue weighted by Crippen LogP contribution is -2.45. The Kier molecular flexibility index (Phi) is 4.66. The van der Waals surface area contributed by atoms with E-state index in [1.807, 2.05) is 13.8 Å². The SMILES string of the molecule is CC(C)c1cc(C(=O)N2CC[C@@H](c3ccc(F)cc3)[C@H](O)C2)n[nH]1. The highest BCUT2D eigenvalue weighted by Crippen LogP contribution is 2.29. The number of halogens is 1. The monoisotopic (exact) mass is 331 g/mol. The summed E-state index contributed by atoms with van der Waals surface area (Å²) >= 11 is 0. The molecule has 5 nitrogen and oxygen atoms in total. The number of hydrogen-bond acceptors (Lipinski definition) is 3. The van der Waals surface area contributed by atoms with Crippen LogP contribution in [0.3, 0.4) is 0 Å². The number of aliphatic hydroxyl groups is 1. The predicted molar refractivity (Wildman–Crippen MR) is 88.3 cm³/mol. The van der Waals surface area contributed by atoms with Crippen LogP contribution in [0.2, 0.25) is 0 Å². The van der Waals surface area contributed by atoms with Gasteiger partial charge >= 0.3 is 0 Å². The Morgan fingerprint density at radius 2 is 2.08 bits per heavy atom. The van der Waals surface area contributed by atoms with E-state index in [4.69, 9.17) is 0 Å². The fraction of sp³-hybridized carbons (Fsp3) is 0.444. The largest absolute Gasteiger partial charge is 0.391 e. The first kappa shape index (κ1) is 16.6. The van der Waals surface area contributed by atoms with E-state index in [-0.39, 0.29) is 30.1 Å². The molecule has 2 aromatic rings. The van der Waals surface area contributed by atoms with Crippen molar-refractivity contribution < 1.29 is 14.3 Å². The Balaban J connectivity index is 1.68. The van der Waals surface area contributed by atoms with Gasteiger partial charge < -0.3 is 10.0 Å². The maximum atomic E-state index is 13.0. The summed E-state index contributed by atoms with van der Waals surface area (Å²) in [6.07, 6.45) is -0.0309. The summed E-state index contributed by atoms with van der Waals surface area (Å²) < 4.78 is 13.0. The van der Waals surface area contributed by atoms with Gasteiger partial charge in [0.2, 0.25) is 0 Å². The van der Waals surface area contributed by atoms with Crippen LogP contribution in [0.1, 0.15) is 53.8 Å². The maximum Gasteiger partial charge on any atom is 0.274 e. The van der Waals surface area contributed by atoms with E-state index in [1.165, 1.54) is 12.1 Å². The van der Waals surface area contributed by atoms with Gasteiger partial charge in [0.05, 0.1) is 6.10 Å². The summed E-state index contributed by atoms with van der Waals surface area (Å²) in [7, 11) is 0. The van der Waals surface area contributed by atoms with Crippen molar-refractivity contribution >= 4 is 5.91 Å². The highest BCUT2D eigenvalue weighted by Gasteiger charge is 2.32. The van der Waals surface area contributed by atoms with Crippen LogP contribution in [0, 0.1) is 5.82 Å². The second-order valence-electron chi connectivity index (χ2n) is 6.63. The van der Waals surface area contributed by atoms with Gasteiger partial charge in [-0.3, -0.25) is 9.89 Å². The van der Waals surface area contributed by atoms with Crippen molar-refractivity contribution in [3.05, 3.63) is 53.1 Å². The highest BCUT2D eigenvalue weighted by molar-refractivity contribution is 5.92. The molecule has 2 atom stereocenters. The van der Waals surface area contributed by atoms with E-state index in [0.717, 1.165) is 11.3 Å². The molecule has 0 spiro atoms. The van der Waals surface area contributed by atoms with Crippen LogP contribution >= 0.6 is 0 Å². The molecular formula is C18H22FN3O2. The first-order valence-electron chi connectivity index (χ1n) is 8.24. The quantitative estimate of drug-likeness (QED) is 0.908. The second kappa shape index (κ2) is 6.73. The van der Waals surface area contributed by atoms with Gasteiger partial charge in [0.15, 0.2) is 0 Å². The third-order valence-corrected chi connectivity index (χ3v) is 4.61. The lowest BCUT2D eigenvalue weighted by molar-refractivity contribution is 0.0377. The normalized spacial score (nSPS) is 21.3. The van der Waals surface area contributed by atoms with Crippen LogP contribution in [-0.4, -0.2) is 45.3 Å². The summed E-state index contributed by atoms with van der Waals surface area (Å²) in [4.78, 5) is 14.2. The number of β-amino-alcohol motifs (C(OH)–C–C–N with tert-alkyl or cyclic N) is 1. The van der Waals surface area contributed by atoms with Gasteiger partial charge in [0, 0.05) is 24.7 Å². The number of benzene rings is 1. The topological polar surface area (TPSA) is 69.2 Å². The number of aromatic amines is 1. The molecule has 2 heterocycles. The van der Waals surface area contributed by atoms with Gasteiger partial charge in [-0.15, -0.1) is 0 Å². The molecule has 24 heavy (non-hydrogen) atoms. The summed E-state index contributed by atoms with van der Waals surface area (Å²) in [5.74, 6) is -0.274. The molecule has 0 radical (unpaired) electrons. The minimum absolute atomic E-state index is 0.0833. The van der Waals surface area contributed by atoms with Crippen molar-refractivity contribution in [1.29, 1.82) is 0 Å². The average molecular weight is 331 g/mol. The number of piperidine rings is 1. The van der Waals surface area contributed by atoms with Crippen molar-refractivity contribution in [3.8, 4) is 0 Å². The molecule has 128 valence electrons. The standard InChI is InChI=1S/C18H22FN3O2/c1-11(2)15-9-16(21-20-15)18(24)22-8-7-14(17(23)10-22)12-3-5-13(19)6-4-12/h3-6,9,11,14,17,23H,7-8,10H2,1-2H3,(H,20,21)/t14-,17+/m0/s1. The predicted octanol–water partition coefficient (Wildman–Crippen LogP) is 2.66. The fourth-order valence-electron chi connectivity index (χ4n) is 3.12. The number of nitrogens with zero attached hydrogens (tertiary/aromatic N) is 2. The molecule has 0 bridgehead atoms. The third kappa shape index (κ3) is 3.33. The van der Waals surface area contributed by atoms with Gasteiger partial charge in [-0.2, -0.15) is 5.10 Å². The van der Waals surface area contributed by atoms with E-state index in [0.29, 0.717) is 18.7 Å². The van der Waals surface area contributed by atoms with Crippen molar-refractivity contribution in [2.24, 2.45) is 0 Å². The molecule has 0 aliphatic carbocycles. The lowest BCUT2D eigenvalue weighted by Gasteiger charge is -2.35. The Bertz CT molecular complexity index is 711. The maximum absolute atomic E-state index is 13.0. The van der Waals surface area contributed by atoms with Crippen LogP contribution in [0.15, 0.2) is 30.3 Å². The Morgan fingerprint density at radius 3 is 2.67 bits per heavy atom. The lowest BCUT2D eigenvalue weighted by atomic mass is 9.87. The van der Waals surface area contributed by atoms with E-state index >= 15 is 0 Å². The van der Waals surface area contributed by atoms with Crippen LogP contribution in [0.4, 0.5) is 4.39 Å². The molecule has 1 aliphatic heterocycles. The highest BCUT2D eigenvalue weighted by atomic mass is 19.1. The van der Waals surface area contributed by atoms with Gasteiger partial charge in [0.25, 0.3) is 5.91 Å². The zero-order valence-electron chi connectivity index (χ0n) is 13.9. The zero-order chi connectivity index (χ0) is 17.3. The number of aliphatic hydroxyl groups excluding tert-OH is 1. The first-order chi connectivity index (χ1) is 11.5.